The molecule has 4 rings (SSSR count). The summed E-state index contributed by atoms with van der Waals surface area (Å²) in [7, 11) is 0. The van der Waals surface area contributed by atoms with Gasteiger partial charge < -0.3 is 10.0 Å². The molecular formula is C20H19N3O3. The summed E-state index contributed by atoms with van der Waals surface area (Å²) in [6, 6.07) is 15.2. The smallest absolute Gasteiger partial charge is 0.308 e. The number of rotatable bonds is 3. The molecule has 0 spiro atoms. The first kappa shape index (κ1) is 16.3. The van der Waals surface area contributed by atoms with E-state index < -0.39 is 11.9 Å². The lowest BCUT2D eigenvalue weighted by atomic mass is 9.86. The van der Waals surface area contributed by atoms with E-state index in [1.165, 1.54) is 0 Å². The van der Waals surface area contributed by atoms with Crippen molar-refractivity contribution in [3.05, 3.63) is 65.4 Å². The lowest BCUT2D eigenvalue weighted by Gasteiger charge is -2.17. The van der Waals surface area contributed by atoms with Crippen LogP contribution < -0.4 is 0 Å². The van der Waals surface area contributed by atoms with Crippen molar-refractivity contribution in [3.8, 4) is 0 Å². The molecule has 3 aromatic rings. The van der Waals surface area contributed by atoms with E-state index >= 15 is 0 Å². The Hall–Kier alpha value is -3.15. The molecule has 0 bridgehead atoms. The minimum absolute atomic E-state index is 0.189. The molecule has 2 aromatic carbocycles. The van der Waals surface area contributed by atoms with Gasteiger partial charge >= 0.3 is 5.97 Å². The van der Waals surface area contributed by atoms with Gasteiger partial charge in [0.25, 0.3) is 5.91 Å². The fraction of sp³-hybridized carbons (Fsp3) is 0.250. The first-order valence-corrected chi connectivity index (χ1v) is 8.57. The highest BCUT2D eigenvalue weighted by Crippen LogP contribution is 2.35. The van der Waals surface area contributed by atoms with Crippen molar-refractivity contribution in [2.75, 3.05) is 13.1 Å². The molecule has 2 heterocycles. The average molecular weight is 349 g/mol. The fourth-order valence-corrected chi connectivity index (χ4v) is 3.81. The van der Waals surface area contributed by atoms with E-state index in [0.717, 1.165) is 22.0 Å². The second kappa shape index (κ2) is 6.29. The van der Waals surface area contributed by atoms with Crippen LogP contribution in [0.5, 0.6) is 0 Å². The number of hydrogen-bond donors (Lipinski definition) is 2. The van der Waals surface area contributed by atoms with Crippen LogP contribution in [0.3, 0.4) is 0 Å². The number of aryl methyl sites for hydroxylation is 1. The number of carboxylic acid groups (broad SMARTS) is 1. The molecule has 2 N–H and O–H groups in total. The fourth-order valence-electron chi connectivity index (χ4n) is 3.81. The predicted octanol–water partition coefficient (Wildman–Crippen LogP) is 2.81. The first-order valence-electron chi connectivity index (χ1n) is 8.57. The molecule has 26 heavy (non-hydrogen) atoms. The van der Waals surface area contributed by atoms with Crippen molar-refractivity contribution in [3.63, 3.8) is 0 Å². The Morgan fingerprint density at radius 2 is 1.85 bits per heavy atom. The van der Waals surface area contributed by atoms with Crippen molar-refractivity contribution in [2.45, 2.75) is 12.8 Å². The van der Waals surface area contributed by atoms with Crippen LogP contribution in [0.15, 0.2) is 48.5 Å². The summed E-state index contributed by atoms with van der Waals surface area (Å²) in [6.45, 7) is 2.54. The quantitative estimate of drug-likeness (QED) is 0.761. The first-order chi connectivity index (χ1) is 12.6. The summed E-state index contributed by atoms with van der Waals surface area (Å²) in [4.78, 5) is 26.4. The van der Waals surface area contributed by atoms with Crippen LogP contribution in [0.4, 0.5) is 0 Å². The maximum Gasteiger partial charge on any atom is 0.308 e. The van der Waals surface area contributed by atoms with E-state index in [1.54, 1.807) is 4.90 Å². The number of aromatic amines is 1. The largest absolute Gasteiger partial charge is 0.481 e. The van der Waals surface area contributed by atoms with E-state index in [0.29, 0.717) is 12.2 Å². The SMILES string of the molecule is Cc1ccccc1[C@@H]1CN(C(=O)c2n[nH]c3ccccc23)C[C@H]1C(=O)O. The molecule has 1 amide bonds. The Kier molecular flexibility index (Phi) is 3.95. The Labute approximate surface area is 150 Å². The van der Waals surface area contributed by atoms with Gasteiger partial charge in [-0.15, -0.1) is 0 Å². The normalized spacial score (nSPS) is 19.8. The summed E-state index contributed by atoms with van der Waals surface area (Å²) in [5.41, 5.74) is 3.17. The summed E-state index contributed by atoms with van der Waals surface area (Å²) < 4.78 is 0. The number of fused-ring (bicyclic) bond motifs is 1. The summed E-state index contributed by atoms with van der Waals surface area (Å²) >= 11 is 0. The zero-order valence-corrected chi connectivity index (χ0v) is 14.3. The van der Waals surface area contributed by atoms with Crippen LogP contribution >= 0.6 is 0 Å². The van der Waals surface area contributed by atoms with Gasteiger partial charge in [0, 0.05) is 24.4 Å². The summed E-state index contributed by atoms with van der Waals surface area (Å²) in [5.74, 6) is -1.95. The Bertz CT molecular complexity index is 995. The third-order valence-electron chi connectivity index (χ3n) is 5.19. The molecule has 1 fully saturated rings. The maximum absolute atomic E-state index is 13.0. The number of nitrogens with one attached hydrogen (secondary N) is 1. The number of nitrogens with zero attached hydrogens (tertiary/aromatic N) is 2. The van der Waals surface area contributed by atoms with E-state index in [1.807, 2.05) is 55.5 Å². The number of carboxylic acids is 1. The molecule has 1 aromatic heterocycles. The van der Waals surface area contributed by atoms with Gasteiger partial charge in [-0.05, 0) is 24.1 Å². The number of benzene rings is 2. The van der Waals surface area contributed by atoms with Crippen LogP contribution in [0.2, 0.25) is 0 Å². The van der Waals surface area contributed by atoms with Crippen LogP contribution in [-0.4, -0.2) is 45.2 Å². The van der Waals surface area contributed by atoms with Crippen molar-refractivity contribution in [1.82, 2.24) is 15.1 Å². The lowest BCUT2D eigenvalue weighted by molar-refractivity contribution is -0.141. The van der Waals surface area contributed by atoms with Gasteiger partial charge in [0.05, 0.1) is 11.4 Å². The molecule has 0 saturated carbocycles. The van der Waals surface area contributed by atoms with Gasteiger partial charge in [0.15, 0.2) is 5.69 Å². The van der Waals surface area contributed by atoms with Crippen LogP contribution in [0, 0.1) is 12.8 Å². The van der Waals surface area contributed by atoms with Gasteiger partial charge in [-0.2, -0.15) is 5.10 Å². The van der Waals surface area contributed by atoms with Gasteiger partial charge in [-0.25, -0.2) is 0 Å². The number of likely N-dealkylation sites (tertiary alicyclic amines) is 1. The molecule has 0 aliphatic carbocycles. The molecule has 0 unspecified atom stereocenters. The predicted molar refractivity (Wildman–Crippen MR) is 97.0 cm³/mol. The molecular weight excluding hydrogens is 330 g/mol. The van der Waals surface area contributed by atoms with E-state index in [-0.39, 0.29) is 18.4 Å². The zero-order valence-electron chi connectivity index (χ0n) is 14.3. The standard InChI is InChI=1S/C20H19N3O3/c1-12-6-2-3-7-13(12)15-10-23(11-16(15)20(25)26)19(24)18-14-8-4-5-9-17(14)21-22-18/h2-9,15-16H,10-11H2,1H3,(H,21,22)(H,25,26)/t15-,16+/m0/s1. The molecule has 6 nitrogen and oxygen atoms in total. The highest BCUT2D eigenvalue weighted by Gasteiger charge is 2.41. The second-order valence-electron chi connectivity index (χ2n) is 6.74. The minimum atomic E-state index is -0.875. The van der Waals surface area contributed by atoms with Crippen LogP contribution in [-0.2, 0) is 4.79 Å². The average Bonchev–Trinajstić information content (AvgIpc) is 3.26. The number of para-hydroxylation sites is 1. The Morgan fingerprint density at radius 1 is 1.12 bits per heavy atom. The topological polar surface area (TPSA) is 86.3 Å². The van der Waals surface area contributed by atoms with Gasteiger partial charge in [-0.1, -0.05) is 42.5 Å². The molecule has 0 radical (unpaired) electrons. The van der Waals surface area contributed by atoms with Crippen molar-refractivity contribution in [2.24, 2.45) is 5.92 Å². The second-order valence-corrected chi connectivity index (χ2v) is 6.74. The summed E-state index contributed by atoms with van der Waals surface area (Å²) in [6.07, 6.45) is 0. The van der Waals surface area contributed by atoms with Crippen LogP contribution in [0.25, 0.3) is 10.9 Å². The van der Waals surface area contributed by atoms with E-state index in [4.69, 9.17) is 0 Å². The number of carbonyl (C=O) groups is 2. The van der Waals surface area contributed by atoms with Crippen molar-refractivity contribution in [1.29, 1.82) is 0 Å². The highest BCUT2D eigenvalue weighted by atomic mass is 16.4. The molecule has 1 aliphatic rings. The number of carbonyl (C=O) groups excluding carboxylic acids is 1. The van der Waals surface area contributed by atoms with Crippen molar-refractivity contribution < 1.29 is 14.7 Å². The molecule has 132 valence electrons. The van der Waals surface area contributed by atoms with Gasteiger partial charge in [0.1, 0.15) is 0 Å². The lowest BCUT2D eigenvalue weighted by Crippen LogP contribution is -2.30. The molecule has 1 aliphatic heterocycles. The maximum atomic E-state index is 13.0. The molecule has 6 heteroatoms. The van der Waals surface area contributed by atoms with E-state index in [2.05, 4.69) is 10.2 Å². The third-order valence-corrected chi connectivity index (χ3v) is 5.19. The number of aromatic nitrogens is 2. The van der Waals surface area contributed by atoms with Crippen molar-refractivity contribution >= 4 is 22.8 Å². The number of amides is 1. The van der Waals surface area contributed by atoms with Gasteiger partial charge in [0.2, 0.25) is 0 Å². The Balaban J connectivity index is 1.67. The zero-order chi connectivity index (χ0) is 18.3. The number of aliphatic carboxylic acids is 1. The number of H-pyrrole nitrogens is 1. The monoisotopic (exact) mass is 349 g/mol. The number of hydrogen-bond acceptors (Lipinski definition) is 3. The van der Waals surface area contributed by atoms with E-state index in [9.17, 15) is 14.7 Å². The third kappa shape index (κ3) is 2.63. The molecule has 2 atom stereocenters. The highest BCUT2D eigenvalue weighted by molar-refractivity contribution is 6.05. The Morgan fingerprint density at radius 3 is 2.62 bits per heavy atom. The minimum Gasteiger partial charge on any atom is -0.481 e. The molecule has 1 saturated heterocycles. The van der Waals surface area contributed by atoms with Gasteiger partial charge in [-0.3, -0.25) is 14.7 Å². The van der Waals surface area contributed by atoms with Crippen LogP contribution in [0.1, 0.15) is 27.5 Å². The summed E-state index contributed by atoms with van der Waals surface area (Å²) in [5, 5.41) is 17.5.